The van der Waals surface area contributed by atoms with Crippen molar-refractivity contribution in [3.63, 3.8) is 0 Å². The highest BCUT2D eigenvalue weighted by Crippen LogP contribution is 2.19. The monoisotopic (exact) mass is 347 g/mol. The van der Waals surface area contributed by atoms with Gasteiger partial charge in [-0.15, -0.1) is 11.8 Å². The number of carbonyl (C=O) groups excluding carboxylic acids is 1. The molecule has 0 spiro atoms. The van der Waals surface area contributed by atoms with Crippen LogP contribution in [-0.4, -0.2) is 37.5 Å². The molecule has 5 nitrogen and oxygen atoms in total. The first-order valence-electron chi connectivity index (χ1n) is 7.48. The van der Waals surface area contributed by atoms with Crippen molar-refractivity contribution in [3.05, 3.63) is 54.1 Å². The van der Waals surface area contributed by atoms with Crippen molar-refractivity contribution in [3.8, 4) is 11.5 Å². The molecule has 0 aliphatic heterocycles. The van der Waals surface area contributed by atoms with Crippen molar-refractivity contribution < 1.29 is 19.4 Å². The van der Waals surface area contributed by atoms with E-state index in [0.717, 1.165) is 10.5 Å². The van der Waals surface area contributed by atoms with Gasteiger partial charge < -0.3 is 19.9 Å². The number of methoxy groups -OCH3 is 1. The average Bonchev–Trinajstić information content (AvgIpc) is 2.64. The molecule has 1 amide bonds. The van der Waals surface area contributed by atoms with Crippen LogP contribution in [0, 0.1) is 0 Å². The maximum absolute atomic E-state index is 11.8. The summed E-state index contributed by atoms with van der Waals surface area (Å²) in [5, 5.41) is 12.8. The fourth-order valence-corrected chi connectivity index (χ4v) is 2.45. The first kappa shape index (κ1) is 18.2. The number of ether oxygens (including phenoxy) is 2. The highest BCUT2D eigenvalue weighted by molar-refractivity contribution is 7.98. The van der Waals surface area contributed by atoms with Gasteiger partial charge in [0.25, 0.3) is 5.91 Å². The highest BCUT2D eigenvalue weighted by Gasteiger charge is 2.10. The minimum absolute atomic E-state index is 0.120. The van der Waals surface area contributed by atoms with Crippen LogP contribution in [0.1, 0.15) is 11.7 Å². The topological polar surface area (TPSA) is 67.8 Å². The summed E-state index contributed by atoms with van der Waals surface area (Å²) in [7, 11) is 1.57. The number of aliphatic hydroxyl groups excluding tert-OH is 1. The molecule has 24 heavy (non-hydrogen) atoms. The van der Waals surface area contributed by atoms with Gasteiger partial charge in [0.1, 0.15) is 11.5 Å². The van der Waals surface area contributed by atoms with Crippen LogP contribution in [0.25, 0.3) is 0 Å². The molecule has 2 aromatic carbocycles. The quantitative estimate of drug-likeness (QED) is 0.719. The number of aliphatic hydroxyl groups is 1. The smallest absolute Gasteiger partial charge is 0.258 e. The second-order valence-electron chi connectivity index (χ2n) is 5.06. The minimum atomic E-state index is -0.748. The summed E-state index contributed by atoms with van der Waals surface area (Å²) >= 11 is 1.64. The molecule has 2 N–H and O–H groups in total. The molecule has 1 atom stereocenters. The van der Waals surface area contributed by atoms with Gasteiger partial charge in [-0.25, -0.2) is 0 Å². The number of rotatable bonds is 8. The molecular formula is C18H21NO4S. The lowest BCUT2D eigenvalue weighted by Gasteiger charge is -2.13. The maximum atomic E-state index is 11.8. The van der Waals surface area contributed by atoms with Gasteiger partial charge >= 0.3 is 0 Å². The van der Waals surface area contributed by atoms with Gasteiger partial charge in [0.2, 0.25) is 0 Å². The second-order valence-corrected chi connectivity index (χ2v) is 5.94. The number of nitrogens with one attached hydrogen (secondary N) is 1. The van der Waals surface area contributed by atoms with Crippen LogP contribution in [0.15, 0.2) is 53.4 Å². The Labute approximate surface area is 146 Å². The van der Waals surface area contributed by atoms with E-state index in [2.05, 4.69) is 5.32 Å². The van der Waals surface area contributed by atoms with Gasteiger partial charge in [-0.05, 0) is 36.1 Å². The Morgan fingerprint density at radius 3 is 2.58 bits per heavy atom. The normalized spacial score (nSPS) is 11.6. The number of hydrogen-bond donors (Lipinski definition) is 2. The Bertz CT molecular complexity index is 660. The predicted octanol–water partition coefficient (Wildman–Crippen LogP) is 2.65. The molecule has 128 valence electrons. The van der Waals surface area contributed by atoms with E-state index in [1.165, 1.54) is 0 Å². The van der Waals surface area contributed by atoms with Gasteiger partial charge in [-0.2, -0.15) is 0 Å². The molecule has 0 saturated heterocycles. The Morgan fingerprint density at radius 1 is 1.21 bits per heavy atom. The summed E-state index contributed by atoms with van der Waals surface area (Å²) in [5.74, 6) is 0.923. The van der Waals surface area contributed by atoms with E-state index in [1.807, 2.05) is 30.5 Å². The Hall–Kier alpha value is -2.18. The van der Waals surface area contributed by atoms with Crippen LogP contribution >= 0.6 is 11.8 Å². The van der Waals surface area contributed by atoms with E-state index in [9.17, 15) is 9.90 Å². The molecule has 0 aliphatic carbocycles. The summed E-state index contributed by atoms with van der Waals surface area (Å²) in [6, 6.07) is 14.6. The lowest BCUT2D eigenvalue weighted by molar-refractivity contribution is -0.123. The third-order valence-electron chi connectivity index (χ3n) is 3.40. The largest absolute Gasteiger partial charge is 0.497 e. The average molecular weight is 347 g/mol. The van der Waals surface area contributed by atoms with Crippen molar-refractivity contribution in [2.45, 2.75) is 11.0 Å². The van der Waals surface area contributed by atoms with Crippen molar-refractivity contribution in [1.82, 2.24) is 5.32 Å². The van der Waals surface area contributed by atoms with Gasteiger partial charge in [0.15, 0.2) is 6.61 Å². The molecule has 1 unspecified atom stereocenters. The predicted molar refractivity (Wildman–Crippen MR) is 94.7 cm³/mol. The zero-order chi connectivity index (χ0) is 17.4. The molecule has 2 rings (SSSR count). The fourth-order valence-electron chi connectivity index (χ4n) is 2.05. The fraction of sp³-hybridized carbons (Fsp3) is 0.278. The molecule has 0 bridgehead atoms. The lowest BCUT2D eigenvalue weighted by atomic mass is 10.1. The molecule has 0 aromatic heterocycles. The first-order valence-corrected chi connectivity index (χ1v) is 8.70. The molecule has 0 saturated carbocycles. The van der Waals surface area contributed by atoms with Crippen LogP contribution in [-0.2, 0) is 4.79 Å². The van der Waals surface area contributed by atoms with Crippen molar-refractivity contribution >= 4 is 17.7 Å². The minimum Gasteiger partial charge on any atom is -0.497 e. The van der Waals surface area contributed by atoms with Crippen LogP contribution in [0.2, 0.25) is 0 Å². The van der Waals surface area contributed by atoms with E-state index in [1.54, 1.807) is 43.1 Å². The molecule has 0 fully saturated rings. The van der Waals surface area contributed by atoms with Gasteiger partial charge in [-0.1, -0.05) is 18.2 Å². The maximum Gasteiger partial charge on any atom is 0.258 e. The van der Waals surface area contributed by atoms with Crippen LogP contribution in [0.5, 0.6) is 11.5 Å². The Morgan fingerprint density at radius 2 is 1.92 bits per heavy atom. The van der Waals surface area contributed by atoms with Crippen molar-refractivity contribution in [1.29, 1.82) is 0 Å². The number of thioether (sulfide) groups is 1. The summed E-state index contributed by atoms with van der Waals surface area (Å²) in [5.41, 5.74) is 0.766. The van der Waals surface area contributed by atoms with Crippen molar-refractivity contribution in [2.75, 3.05) is 26.5 Å². The Balaban J connectivity index is 1.77. The summed E-state index contributed by atoms with van der Waals surface area (Å²) < 4.78 is 10.5. The molecule has 0 aliphatic rings. The van der Waals surface area contributed by atoms with E-state index < -0.39 is 6.10 Å². The third kappa shape index (κ3) is 5.47. The number of benzene rings is 2. The number of amides is 1. The summed E-state index contributed by atoms with van der Waals surface area (Å²) in [4.78, 5) is 13.0. The molecule has 2 aromatic rings. The van der Waals surface area contributed by atoms with E-state index in [0.29, 0.717) is 11.5 Å². The zero-order valence-electron chi connectivity index (χ0n) is 13.7. The Kier molecular flexibility index (Phi) is 6.96. The van der Waals surface area contributed by atoms with Gasteiger partial charge in [-0.3, -0.25) is 4.79 Å². The molecule has 0 radical (unpaired) electrons. The van der Waals surface area contributed by atoms with E-state index >= 15 is 0 Å². The summed E-state index contributed by atoms with van der Waals surface area (Å²) in [6.07, 6.45) is 1.25. The molecule has 6 heteroatoms. The van der Waals surface area contributed by atoms with Gasteiger partial charge in [0.05, 0.1) is 13.2 Å². The van der Waals surface area contributed by atoms with Crippen LogP contribution < -0.4 is 14.8 Å². The van der Waals surface area contributed by atoms with Crippen LogP contribution in [0.3, 0.4) is 0 Å². The second kappa shape index (κ2) is 9.20. The lowest BCUT2D eigenvalue weighted by Crippen LogP contribution is -2.32. The number of carbonyl (C=O) groups is 1. The number of hydrogen-bond acceptors (Lipinski definition) is 5. The highest BCUT2D eigenvalue weighted by atomic mass is 32.2. The standard InChI is InChI=1S/C18H21NO4S/c1-22-14-4-3-5-15(10-14)23-12-18(21)19-11-17(20)13-6-8-16(24-2)9-7-13/h3-10,17,20H,11-12H2,1-2H3,(H,19,21). The zero-order valence-corrected chi connectivity index (χ0v) is 14.5. The third-order valence-corrected chi connectivity index (χ3v) is 4.15. The summed E-state index contributed by atoms with van der Waals surface area (Å²) in [6.45, 7) is 0.0181. The van der Waals surface area contributed by atoms with E-state index in [-0.39, 0.29) is 19.1 Å². The SMILES string of the molecule is COc1cccc(OCC(=O)NCC(O)c2ccc(SC)cc2)c1. The van der Waals surface area contributed by atoms with Crippen LogP contribution in [0.4, 0.5) is 0 Å². The van der Waals surface area contributed by atoms with E-state index in [4.69, 9.17) is 9.47 Å². The van der Waals surface area contributed by atoms with Gasteiger partial charge in [0, 0.05) is 17.5 Å². The molecular weight excluding hydrogens is 326 g/mol. The first-order chi connectivity index (χ1) is 11.6. The molecule has 0 heterocycles. The van der Waals surface area contributed by atoms with Crippen molar-refractivity contribution in [2.24, 2.45) is 0 Å².